The van der Waals surface area contributed by atoms with Crippen LogP contribution in [-0.4, -0.2) is 30.9 Å². The van der Waals surface area contributed by atoms with Gasteiger partial charge in [-0.3, -0.25) is 14.4 Å². The SMILES string of the molecule is O=C(COC(=O)[C@@H]1CC(=O)N(c2cccc3ccccc23)C1)Nc1ccc(Oc2ccccc2)cc1. The predicted octanol–water partition coefficient (Wildman–Crippen LogP) is 5.17. The van der Waals surface area contributed by atoms with Gasteiger partial charge in [-0.1, -0.05) is 54.6 Å². The Morgan fingerprint density at radius 3 is 2.33 bits per heavy atom. The predicted molar refractivity (Wildman–Crippen MR) is 137 cm³/mol. The van der Waals surface area contributed by atoms with Crippen molar-refractivity contribution in [1.29, 1.82) is 0 Å². The number of benzene rings is 4. The van der Waals surface area contributed by atoms with E-state index in [0.717, 1.165) is 16.5 Å². The van der Waals surface area contributed by atoms with Crippen molar-refractivity contribution in [3.05, 3.63) is 97.1 Å². The van der Waals surface area contributed by atoms with Gasteiger partial charge in [0.15, 0.2) is 6.61 Å². The van der Waals surface area contributed by atoms with Crippen LogP contribution in [0.25, 0.3) is 10.8 Å². The Morgan fingerprint density at radius 1 is 0.833 bits per heavy atom. The number of esters is 1. The lowest BCUT2D eigenvalue weighted by atomic mass is 10.1. The van der Waals surface area contributed by atoms with Crippen molar-refractivity contribution in [1.82, 2.24) is 0 Å². The number of fused-ring (bicyclic) bond motifs is 1. The molecular weight excluding hydrogens is 456 g/mol. The minimum absolute atomic E-state index is 0.0482. The summed E-state index contributed by atoms with van der Waals surface area (Å²) >= 11 is 0. The summed E-state index contributed by atoms with van der Waals surface area (Å²) < 4.78 is 11.0. The van der Waals surface area contributed by atoms with E-state index < -0.39 is 24.4 Å². The van der Waals surface area contributed by atoms with E-state index in [2.05, 4.69) is 5.32 Å². The Kier molecular flexibility index (Phi) is 6.62. The summed E-state index contributed by atoms with van der Waals surface area (Å²) in [6, 6.07) is 29.8. The van der Waals surface area contributed by atoms with Crippen molar-refractivity contribution < 1.29 is 23.9 Å². The summed E-state index contributed by atoms with van der Waals surface area (Å²) in [5.41, 5.74) is 1.32. The van der Waals surface area contributed by atoms with Crippen molar-refractivity contribution in [2.45, 2.75) is 6.42 Å². The van der Waals surface area contributed by atoms with Gasteiger partial charge in [0.1, 0.15) is 11.5 Å². The largest absolute Gasteiger partial charge is 0.457 e. The van der Waals surface area contributed by atoms with Crippen LogP contribution in [0.5, 0.6) is 11.5 Å². The molecule has 5 rings (SSSR count). The Labute approximate surface area is 208 Å². The van der Waals surface area contributed by atoms with Gasteiger partial charge >= 0.3 is 5.97 Å². The molecule has 1 heterocycles. The third-order valence-corrected chi connectivity index (χ3v) is 5.98. The topological polar surface area (TPSA) is 84.9 Å². The van der Waals surface area contributed by atoms with Gasteiger partial charge < -0.3 is 19.7 Å². The Hall–Kier alpha value is -4.65. The fourth-order valence-corrected chi connectivity index (χ4v) is 4.22. The summed E-state index contributed by atoms with van der Waals surface area (Å²) in [5, 5.41) is 4.66. The average Bonchev–Trinajstić information content (AvgIpc) is 3.30. The molecule has 36 heavy (non-hydrogen) atoms. The van der Waals surface area contributed by atoms with Gasteiger partial charge in [0.05, 0.1) is 11.6 Å². The van der Waals surface area contributed by atoms with Crippen molar-refractivity contribution in [2.24, 2.45) is 5.92 Å². The zero-order valence-corrected chi connectivity index (χ0v) is 19.4. The van der Waals surface area contributed by atoms with Crippen LogP contribution < -0.4 is 15.0 Å². The quantitative estimate of drug-likeness (QED) is 0.369. The van der Waals surface area contributed by atoms with Crippen LogP contribution >= 0.6 is 0 Å². The number of amides is 2. The summed E-state index contributed by atoms with van der Waals surface area (Å²) in [6.07, 6.45) is 0.0482. The second kappa shape index (κ2) is 10.3. The summed E-state index contributed by atoms with van der Waals surface area (Å²) in [5.74, 6) is -0.449. The molecule has 0 aromatic heterocycles. The number of nitrogens with zero attached hydrogens (tertiary/aromatic N) is 1. The van der Waals surface area contributed by atoms with E-state index in [4.69, 9.17) is 9.47 Å². The molecule has 0 aliphatic carbocycles. The highest BCUT2D eigenvalue weighted by molar-refractivity contribution is 6.06. The molecule has 7 heteroatoms. The highest BCUT2D eigenvalue weighted by atomic mass is 16.5. The first kappa shape index (κ1) is 23.1. The van der Waals surface area contributed by atoms with E-state index in [-0.39, 0.29) is 18.9 Å². The standard InChI is InChI=1S/C29H24N2O5/c32-27(30-22-13-15-24(16-14-22)36-23-9-2-1-3-10-23)19-35-29(34)21-17-28(33)31(18-21)26-12-6-8-20-7-4-5-11-25(20)26/h1-16,21H,17-19H2,(H,30,32)/t21-/m1/s1. The smallest absolute Gasteiger partial charge is 0.311 e. The number of anilines is 2. The summed E-state index contributed by atoms with van der Waals surface area (Å²) in [6.45, 7) is -0.212. The molecule has 0 saturated carbocycles. The van der Waals surface area contributed by atoms with Crippen molar-refractivity contribution in [3.63, 3.8) is 0 Å². The van der Waals surface area contributed by atoms with Gasteiger partial charge in [0.2, 0.25) is 5.91 Å². The maximum Gasteiger partial charge on any atom is 0.311 e. The molecule has 7 nitrogen and oxygen atoms in total. The zero-order chi connectivity index (χ0) is 24.9. The van der Waals surface area contributed by atoms with Crippen LogP contribution in [0.4, 0.5) is 11.4 Å². The highest BCUT2D eigenvalue weighted by Crippen LogP contribution is 2.32. The number of hydrogen-bond donors (Lipinski definition) is 1. The second-order valence-electron chi connectivity index (χ2n) is 8.50. The van der Waals surface area contributed by atoms with E-state index >= 15 is 0 Å². The first-order chi connectivity index (χ1) is 17.6. The summed E-state index contributed by atoms with van der Waals surface area (Å²) in [4.78, 5) is 39.2. The van der Waals surface area contributed by atoms with Crippen LogP contribution in [0.1, 0.15) is 6.42 Å². The van der Waals surface area contributed by atoms with E-state index in [0.29, 0.717) is 17.2 Å². The van der Waals surface area contributed by atoms with Crippen LogP contribution in [0, 0.1) is 5.92 Å². The van der Waals surface area contributed by atoms with Gasteiger partial charge in [-0.05, 0) is 47.9 Å². The fraction of sp³-hybridized carbons (Fsp3) is 0.138. The molecule has 0 radical (unpaired) electrons. The third kappa shape index (κ3) is 5.20. The number of carbonyl (C=O) groups is 3. The number of ether oxygens (including phenoxy) is 2. The van der Waals surface area contributed by atoms with E-state index in [9.17, 15) is 14.4 Å². The lowest BCUT2D eigenvalue weighted by molar-refractivity contribution is -0.151. The first-order valence-electron chi connectivity index (χ1n) is 11.6. The molecule has 4 aromatic rings. The van der Waals surface area contributed by atoms with Gasteiger partial charge in [0.25, 0.3) is 5.91 Å². The minimum atomic E-state index is -0.626. The lowest BCUT2D eigenvalue weighted by Crippen LogP contribution is -2.28. The van der Waals surface area contributed by atoms with Crippen molar-refractivity contribution in [2.75, 3.05) is 23.4 Å². The molecule has 2 amide bonds. The normalized spacial score (nSPS) is 15.1. The molecule has 1 aliphatic heterocycles. The maximum atomic E-state index is 12.7. The molecule has 180 valence electrons. The van der Waals surface area contributed by atoms with Crippen LogP contribution in [-0.2, 0) is 19.1 Å². The van der Waals surface area contributed by atoms with Gasteiger partial charge in [0, 0.05) is 24.0 Å². The maximum absolute atomic E-state index is 12.7. The Bertz CT molecular complexity index is 1400. The Balaban J connectivity index is 1.13. The molecule has 0 unspecified atom stereocenters. The third-order valence-electron chi connectivity index (χ3n) is 5.98. The number of hydrogen-bond acceptors (Lipinski definition) is 5. The average molecular weight is 481 g/mol. The minimum Gasteiger partial charge on any atom is -0.457 e. The Morgan fingerprint density at radius 2 is 1.53 bits per heavy atom. The molecule has 1 atom stereocenters. The number of para-hydroxylation sites is 1. The van der Waals surface area contributed by atoms with Crippen molar-refractivity contribution >= 4 is 39.9 Å². The fourth-order valence-electron chi connectivity index (χ4n) is 4.22. The zero-order valence-electron chi connectivity index (χ0n) is 19.4. The van der Waals surface area contributed by atoms with Crippen LogP contribution in [0.15, 0.2) is 97.1 Å². The van der Waals surface area contributed by atoms with Gasteiger partial charge in [-0.15, -0.1) is 0 Å². The lowest BCUT2D eigenvalue weighted by Gasteiger charge is -2.18. The molecule has 1 saturated heterocycles. The molecule has 0 spiro atoms. The summed E-state index contributed by atoms with van der Waals surface area (Å²) in [7, 11) is 0. The number of nitrogens with one attached hydrogen (secondary N) is 1. The number of rotatable bonds is 7. The molecule has 4 aromatic carbocycles. The molecular formula is C29H24N2O5. The second-order valence-corrected chi connectivity index (χ2v) is 8.50. The van der Waals surface area contributed by atoms with E-state index in [1.54, 1.807) is 29.2 Å². The van der Waals surface area contributed by atoms with E-state index in [1.165, 1.54) is 0 Å². The molecule has 1 aliphatic rings. The van der Waals surface area contributed by atoms with Gasteiger partial charge in [-0.2, -0.15) is 0 Å². The monoisotopic (exact) mass is 480 g/mol. The molecule has 1 fully saturated rings. The van der Waals surface area contributed by atoms with Crippen LogP contribution in [0.2, 0.25) is 0 Å². The number of carbonyl (C=O) groups excluding carboxylic acids is 3. The molecule has 1 N–H and O–H groups in total. The van der Waals surface area contributed by atoms with Gasteiger partial charge in [-0.25, -0.2) is 0 Å². The van der Waals surface area contributed by atoms with E-state index in [1.807, 2.05) is 72.8 Å². The first-order valence-corrected chi connectivity index (χ1v) is 11.6. The van der Waals surface area contributed by atoms with Crippen molar-refractivity contribution in [3.8, 4) is 11.5 Å². The van der Waals surface area contributed by atoms with Crippen LogP contribution in [0.3, 0.4) is 0 Å². The highest BCUT2D eigenvalue weighted by Gasteiger charge is 2.36. The molecule has 0 bridgehead atoms.